The van der Waals surface area contributed by atoms with Crippen molar-refractivity contribution in [1.29, 1.82) is 0 Å². The fourth-order valence-corrected chi connectivity index (χ4v) is 1.55. The molecule has 0 unspecified atom stereocenters. The Hall–Kier alpha value is -2.30. The highest BCUT2D eigenvalue weighted by molar-refractivity contribution is 6.04. The van der Waals surface area contributed by atoms with Crippen LogP contribution in [0.2, 0.25) is 0 Å². The topological polar surface area (TPSA) is 64.2 Å². The second-order valence-electron chi connectivity index (χ2n) is 3.83. The largest absolute Gasteiger partial charge is 0.399 e. The van der Waals surface area contributed by atoms with Gasteiger partial charge in [-0.05, 0) is 24.3 Å². The molecule has 1 amide bonds. The van der Waals surface area contributed by atoms with Crippen molar-refractivity contribution in [3.8, 4) is 0 Å². The molecular weight excluding hydrogens is 216 g/mol. The van der Waals surface area contributed by atoms with Crippen LogP contribution < -0.4 is 10.6 Å². The summed E-state index contributed by atoms with van der Waals surface area (Å²) in [6, 6.07) is 8.86. The number of carbonyl (C=O) groups excluding carboxylic acids is 1. The van der Waals surface area contributed by atoms with Crippen LogP contribution in [0, 0.1) is 0 Å². The van der Waals surface area contributed by atoms with E-state index in [4.69, 9.17) is 5.73 Å². The van der Waals surface area contributed by atoms with Crippen molar-refractivity contribution in [3.05, 3.63) is 42.2 Å². The third-order valence-electron chi connectivity index (χ3n) is 2.49. The van der Waals surface area contributed by atoms with Gasteiger partial charge in [0, 0.05) is 31.7 Å². The number of anilines is 2. The van der Waals surface area contributed by atoms with E-state index in [1.807, 2.05) is 12.1 Å². The predicted octanol–water partition coefficient (Wildman–Crippen LogP) is 1.28. The summed E-state index contributed by atoms with van der Waals surface area (Å²) in [5.74, 6) is -0.156. The van der Waals surface area contributed by atoms with Gasteiger partial charge in [0.05, 0.1) is 0 Å². The molecule has 5 nitrogen and oxygen atoms in total. The van der Waals surface area contributed by atoms with Crippen LogP contribution in [-0.2, 0) is 7.05 Å². The van der Waals surface area contributed by atoms with E-state index in [-0.39, 0.29) is 5.91 Å². The number of amides is 1. The Bertz CT molecular complexity index is 547. The predicted molar refractivity (Wildman–Crippen MR) is 66.8 cm³/mol. The lowest BCUT2D eigenvalue weighted by Crippen LogP contribution is -2.26. The highest BCUT2D eigenvalue weighted by Gasteiger charge is 2.15. The number of hydrogen-bond donors (Lipinski definition) is 1. The van der Waals surface area contributed by atoms with E-state index >= 15 is 0 Å². The lowest BCUT2D eigenvalue weighted by atomic mass is 10.2. The highest BCUT2D eigenvalue weighted by atomic mass is 16.2. The maximum atomic E-state index is 12.1. The minimum absolute atomic E-state index is 0.156. The molecule has 0 aliphatic carbocycles. The molecule has 88 valence electrons. The molecule has 0 fully saturated rings. The van der Waals surface area contributed by atoms with Gasteiger partial charge in [0.25, 0.3) is 5.91 Å². The van der Waals surface area contributed by atoms with Crippen LogP contribution in [0.15, 0.2) is 36.5 Å². The maximum absolute atomic E-state index is 12.1. The number of nitrogens with two attached hydrogens (primary N) is 1. The molecule has 1 aromatic carbocycles. The van der Waals surface area contributed by atoms with E-state index in [2.05, 4.69) is 5.10 Å². The Balaban J connectivity index is 2.26. The Kier molecular flexibility index (Phi) is 2.82. The third-order valence-corrected chi connectivity index (χ3v) is 2.49. The van der Waals surface area contributed by atoms with Gasteiger partial charge in [-0.3, -0.25) is 9.48 Å². The molecule has 2 N–H and O–H groups in total. The summed E-state index contributed by atoms with van der Waals surface area (Å²) in [7, 11) is 3.48. The van der Waals surface area contributed by atoms with Crippen LogP contribution in [-0.4, -0.2) is 22.7 Å². The van der Waals surface area contributed by atoms with E-state index in [0.717, 1.165) is 5.69 Å². The molecule has 1 heterocycles. The van der Waals surface area contributed by atoms with Crippen molar-refractivity contribution in [3.63, 3.8) is 0 Å². The summed E-state index contributed by atoms with van der Waals surface area (Å²) < 4.78 is 1.60. The molecule has 0 saturated carbocycles. The van der Waals surface area contributed by atoms with Crippen molar-refractivity contribution >= 4 is 17.3 Å². The van der Waals surface area contributed by atoms with Gasteiger partial charge >= 0.3 is 0 Å². The van der Waals surface area contributed by atoms with Gasteiger partial charge in [-0.2, -0.15) is 5.10 Å². The molecule has 17 heavy (non-hydrogen) atoms. The van der Waals surface area contributed by atoms with Crippen LogP contribution in [0.4, 0.5) is 11.4 Å². The van der Waals surface area contributed by atoms with Crippen LogP contribution in [0.3, 0.4) is 0 Å². The summed E-state index contributed by atoms with van der Waals surface area (Å²) in [6.07, 6.45) is 1.74. The molecule has 0 bridgehead atoms. The lowest BCUT2D eigenvalue weighted by Gasteiger charge is -2.16. The molecule has 0 radical (unpaired) electrons. The first-order valence-electron chi connectivity index (χ1n) is 5.21. The minimum atomic E-state index is -0.156. The van der Waals surface area contributed by atoms with Gasteiger partial charge < -0.3 is 10.6 Å². The van der Waals surface area contributed by atoms with Crippen molar-refractivity contribution < 1.29 is 4.79 Å². The first kappa shape index (κ1) is 11.2. The van der Waals surface area contributed by atoms with E-state index in [9.17, 15) is 4.79 Å². The first-order chi connectivity index (χ1) is 8.08. The second-order valence-corrected chi connectivity index (χ2v) is 3.83. The molecule has 1 aromatic heterocycles. The molecule has 2 aromatic rings. The number of benzene rings is 1. The maximum Gasteiger partial charge on any atom is 0.278 e. The standard InChI is InChI=1S/C12H14N4O/c1-15-7-6-11(14-15)12(17)16(2)10-5-3-4-9(13)8-10/h3-8H,13H2,1-2H3. The fraction of sp³-hybridized carbons (Fsp3) is 0.167. The van der Waals surface area contributed by atoms with Gasteiger partial charge in [0.1, 0.15) is 0 Å². The van der Waals surface area contributed by atoms with Crippen molar-refractivity contribution in [2.45, 2.75) is 0 Å². The van der Waals surface area contributed by atoms with Crippen LogP contribution in [0.5, 0.6) is 0 Å². The average Bonchev–Trinajstić information content (AvgIpc) is 2.74. The third kappa shape index (κ3) is 2.28. The summed E-state index contributed by atoms with van der Waals surface area (Å²) in [6.45, 7) is 0. The van der Waals surface area contributed by atoms with E-state index in [0.29, 0.717) is 11.4 Å². The van der Waals surface area contributed by atoms with Gasteiger partial charge in [0.15, 0.2) is 5.69 Å². The minimum Gasteiger partial charge on any atom is -0.399 e. The summed E-state index contributed by atoms with van der Waals surface area (Å²) in [5, 5.41) is 4.07. The number of aromatic nitrogens is 2. The van der Waals surface area contributed by atoms with Crippen LogP contribution in [0.1, 0.15) is 10.5 Å². The molecule has 0 aliphatic heterocycles. The molecule has 0 aliphatic rings. The number of nitrogens with zero attached hydrogens (tertiary/aromatic N) is 3. The SMILES string of the molecule is CN(C(=O)c1ccn(C)n1)c1cccc(N)c1. The van der Waals surface area contributed by atoms with Gasteiger partial charge in [0.2, 0.25) is 0 Å². The Morgan fingerprint density at radius 3 is 2.76 bits per heavy atom. The van der Waals surface area contributed by atoms with Crippen molar-refractivity contribution in [1.82, 2.24) is 9.78 Å². The van der Waals surface area contributed by atoms with E-state index in [1.54, 1.807) is 43.2 Å². The summed E-state index contributed by atoms with van der Waals surface area (Å²) >= 11 is 0. The van der Waals surface area contributed by atoms with E-state index < -0.39 is 0 Å². The molecule has 0 spiro atoms. The zero-order valence-electron chi connectivity index (χ0n) is 9.79. The molecule has 0 saturated heterocycles. The first-order valence-corrected chi connectivity index (χ1v) is 5.21. The molecule has 0 atom stereocenters. The molecular formula is C12H14N4O. The molecule has 2 rings (SSSR count). The van der Waals surface area contributed by atoms with Gasteiger partial charge in [-0.15, -0.1) is 0 Å². The Labute approximate surface area is 99.5 Å². The van der Waals surface area contributed by atoms with Crippen molar-refractivity contribution in [2.24, 2.45) is 7.05 Å². The Morgan fingerprint density at radius 2 is 2.18 bits per heavy atom. The average molecular weight is 230 g/mol. The van der Waals surface area contributed by atoms with Gasteiger partial charge in [-0.1, -0.05) is 6.07 Å². The summed E-state index contributed by atoms with van der Waals surface area (Å²) in [4.78, 5) is 13.6. The Morgan fingerprint density at radius 1 is 1.41 bits per heavy atom. The van der Waals surface area contributed by atoms with E-state index in [1.165, 1.54) is 4.90 Å². The number of rotatable bonds is 2. The summed E-state index contributed by atoms with van der Waals surface area (Å²) in [5.41, 5.74) is 7.47. The van der Waals surface area contributed by atoms with Crippen LogP contribution in [0.25, 0.3) is 0 Å². The van der Waals surface area contributed by atoms with Crippen LogP contribution >= 0.6 is 0 Å². The molecule has 5 heteroatoms. The lowest BCUT2D eigenvalue weighted by molar-refractivity contribution is 0.0987. The smallest absolute Gasteiger partial charge is 0.278 e. The zero-order chi connectivity index (χ0) is 12.4. The number of nitrogen functional groups attached to an aromatic ring is 1. The number of hydrogen-bond acceptors (Lipinski definition) is 3. The van der Waals surface area contributed by atoms with Gasteiger partial charge in [-0.25, -0.2) is 0 Å². The van der Waals surface area contributed by atoms with Crippen molar-refractivity contribution in [2.75, 3.05) is 17.7 Å². The number of aryl methyl sites for hydroxylation is 1. The second kappa shape index (κ2) is 4.29. The monoisotopic (exact) mass is 230 g/mol. The zero-order valence-corrected chi connectivity index (χ0v) is 9.79. The highest BCUT2D eigenvalue weighted by Crippen LogP contribution is 2.17. The normalized spacial score (nSPS) is 10.2. The number of carbonyl (C=O) groups is 1. The quantitative estimate of drug-likeness (QED) is 0.790. The fourth-order valence-electron chi connectivity index (χ4n) is 1.55.